The van der Waals surface area contributed by atoms with Gasteiger partial charge in [-0.1, -0.05) is 30.0 Å². The molecule has 0 atom stereocenters. The second-order valence-electron chi connectivity index (χ2n) is 6.56. The zero-order chi connectivity index (χ0) is 19.5. The predicted octanol–water partition coefficient (Wildman–Crippen LogP) is 3.70. The van der Waals surface area contributed by atoms with Gasteiger partial charge in [0.15, 0.2) is 5.16 Å². The Kier molecular flexibility index (Phi) is 5.34. The molecule has 0 saturated carbocycles. The molecule has 1 amide bonds. The molecule has 0 unspecified atom stereocenters. The maximum Gasteiger partial charge on any atom is 0.272 e. The van der Waals surface area contributed by atoms with Crippen LogP contribution in [0.3, 0.4) is 0 Å². The molecule has 0 N–H and O–H groups in total. The molecule has 0 spiro atoms. The fourth-order valence-electron chi connectivity index (χ4n) is 3.44. The van der Waals surface area contributed by atoms with Crippen LogP contribution in [-0.2, 0) is 0 Å². The summed E-state index contributed by atoms with van der Waals surface area (Å²) in [5.74, 6) is -0.357. The van der Waals surface area contributed by atoms with Crippen molar-refractivity contribution >= 4 is 23.4 Å². The number of nitrogens with zero attached hydrogens (tertiary/aromatic N) is 4. The van der Waals surface area contributed by atoms with E-state index in [1.165, 1.54) is 29.6 Å². The van der Waals surface area contributed by atoms with Gasteiger partial charge in [0.25, 0.3) is 5.91 Å². The zero-order valence-electron chi connectivity index (χ0n) is 15.6. The number of amides is 1. The van der Waals surface area contributed by atoms with Gasteiger partial charge in [0.05, 0.1) is 6.20 Å². The van der Waals surface area contributed by atoms with E-state index >= 15 is 0 Å². The van der Waals surface area contributed by atoms with E-state index in [2.05, 4.69) is 22.0 Å². The van der Waals surface area contributed by atoms with Crippen LogP contribution in [0.15, 0.2) is 66.0 Å². The standard InChI is InChI=1S/C21H21FN4OS/c1-28-21-23-15-19(26(21)18-9-7-16(22)8-10-18)20(27)25-13-11-24(12-14-25)17-5-3-2-4-6-17/h2-10,15H,11-14H2,1H3. The van der Waals surface area contributed by atoms with Crippen LogP contribution in [0.2, 0.25) is 0 Å². The van der Waals surface area contributed by atoms with Gasteiger partial charge >= 0.3 is 0 Å². The van der Waals surface area contributed by atoms with Crippen molar-refractivity contribution in [1.82, 2.24) is 14.5 Å². The van der Waals surface area contributed by atoms with Crippen LogP contribution < -0.4 is 4.90 Å². The second kappa shape index (κ2) is 8.06. The summed E-state index contributed by atoms with van der Waals surface area (Å²) in [4.78, 5) is 21.7. The van der Waals surface area contributed by atoms with Gasteiger partial charge in [-0.25, -0.2) is 9.37 Å². The molecule has 5 nitrogen and oxygen atoms in total. The van der Waals surface area contributed by atoms with Crippen LogP contribution in [-0.4, -0.2) is 52.8 Å². The molecule has 2 heterocycles. The average Bonchev–Trinajstić information content (AvgIpc) is 3.18. The number of hydrogen-bond donors (Lipinski definition) is 0. The maximum absolute atomic E-state index is 13.3. The number of carbonyl (C=O) groups is 1. The minimum Gasteiger partial charge on any atom is -0.368 e. The molecule has 1 fully saturated rings. The Morgan fingerprint density at radius 3 is 2.29 bits per heavy atom. The van der Waals surface area contributed by atoms with E-state index in [4.69, 9.17) is 0 Å². The van der Waals surface area contributed by atoms with Crippen LogP contribution >= 0.6 is 11.8 Å². The highest BCUT2D eigenvalue weighted by Crippen LogP contribution is 2.24. The predicted molar refractivity (Wildman–Crippen MR) is 110 cm³/mol. The summed E-state index contributed by atoms with van der Waals surface area (Å²) in [5.41, 5.74) is 2.41. The molecule has 1 saturated heterocycles. The van der Waals surface area contributed by atoms with Crippen LogP contribution in [0.1, 0.15) is 10.5 Å². The normalized spacial score (nSPS) is 14.4. The quantitative estimate of drug-likeness (QED) is 0.631. The number of aromatic nitrogens is 2. The number of piperazine rings is 1. The molecule has 7 heteroatoms. The van der Waals surface area contributed by atoms with Crippen molar-refractivity contribution in [2.45, 2.75) is 5.16 Å². The third-order valence-corrected chi connectivity index (χ3v) is 5.56. The van der Waals surface area contributed by atoms with Gasteiger partial charge in [0, 0.05) is 37.6 Å². The molecule has 0 bridgehead atoms. The Hall–Kier alpha value is -2.80. The minimum absolute atomic E-state index is 0.0511. The molecule has 28 heavy (non-hydrogen) atoms. The zero-order valence-corrected chi connectivity index (χ0v) is 16.4. The Balaban J connectivity index is 1.54. The molecule has 0 radical (unpaired) electrons. The lowest BCUT2D eigenvalue weighted by Gasteiger charge is -2.36. The van der Waals surface area contributed by atoms with Gasteiger partial charge in [-0.05, 0) is 42.7 Å². The number of carbonyl (C=O) groups excluding carboxylic acids is 1. The van der Waals surface area contributed by atoms with Crippen LogP contribution in [0, 0.1) is 5.82 Å². The summed E-state index contributed by atoms with van der Waals surface area (Å²) in [6.45, 7) is 2.87. The highest BCUT2D eigenvalue weighted by molar-refractivity contribution is 7.98. The molecule has 1 aliphatic rings. The van der Waals surface area contributed by atoms with E-state index in [1.54, 1.807) is 22.9 Å². The molecule has 0 aliphatic carbocycles. The number of halogens is 1. The molecule has 1 aromatic heterocycles. The molecule has 2 aromatic carbocycles. The van der Waals surface area contributed by atoms with Crippen LogP contribution in [0.5, 0.6) is 0 Å². The lowest BCUT2D eigenvalue weighted by atomic mass is 10.2. The first-order chi connectivity index (χ1) is 13.7. The number of hydrogen-bond acceptors (Lipinski definition) is 4. The first-order valence-electron chi connectivity index (χ1n) is 9.14. The number of anilines is 1. The van der Waals surface area contributed by atoms with Crippen molar-refractivity contribution in [2.24, 2.45) is 0 Å². The van der Waals surface area contributed by atoms with Crippen LogP contribution in [0.25, 0.3) is 5.69 Å². The molecular weight excluding hydrogens is 375 g/mol. The van der Waals surface area contributed by atoms with Gasteiger partial charge in [-0.15, -0.1) is 0 Å². The van der Waals surface area contributed by atoms with Gasteiger partial charge < -0.3 is 9.80 Å². The van der Waals surface area contributed by atoms with Crippen molar-refractivity contribution < 1.29 is 9.18 Å². The summed E-state index contributed by atoms with van der Waals surface area (Å²) in [6.07, 6.45) is 3.52. The molecule has 4 rings (SSSR count). The highest BCUT2D eigenvalue weighted by atomic mass is 32.2. The Morgan fingerprint density at radius 1 is 0.964 bits per heavy atom. The van der Waals surface area contributed by atoms with Crippen molar-refractivity contribution in [3.05, 3.63) is 72.3 Å². The Morgan fingerprint density at radius 2 is 1.64 bits per heavy atom. The fraction of sp³-hybridized carbons (Fsp3) is 0.238. The average molecular weight is 396 g/mol. The Bertz CT molecular complexity index is 950. The van der Waals surface area contributed by atoms with Gasteiger partial charge in [-0.2, -0.15) is 0 Å². The van der Waals surface area contributed by atoms with E-state index < -0.39 is 0 Å². The summed E-state index contributed by atoms with van der Waals surface area (Å²) in [6, 6.07) is 16.4. The van der Waals surface area contributed by atoms with Gasteiger partial charge in [0.1, 0.15) is 11.5 Å². The fourth-order valence-corrected chi connectivity index (χ4v) is 3.98. The SMILES string of the molecule is CSc1ncc(C(=O)N2CCN(c3ccccc3)CC2)n1-c1ccc(F)cc1. The lowest BCUT2D eigenvalue weighted by Crippen LogP contribution is -2.49. The molecule has 3 aromatic rings. The van der Waals surface area contributed by atoms with Crippen LogP contribution in [0.4, 0.5) is 10.1 Å². The molecule has 1 aliphatic heterocycles. The number of imidazole rings is 1. The summed E-state index contributed by atoms with van der Waals surface area (Å²) >= 11 is 1.46. The first-order valence-corrected chi connectivity index (χ1v) is 10.4. The number of benzene rings is 2. The van der Waals surface area contributed by atoms with Crippen molar-refractivity contribution in [2.75, 3.05) is 37.3 Å². The first kappa shape index (κ1) is 18.6. The summed E-state index contributed by atoms with van der Waals surface area (Å²) < 4.78 is 15.1. The van der Waals surface area contributed by atoms with Crippen molar-refractivity contribution in [3.63, 3.8) is 0 Å². The summed E-state index contributed by atoms with van der Waals surface area (Å²) in [7, 11) is 0. The minimum atomic E-state index is -0.306. The largest absolute Gasteiger partial charge is 0.368 e. The smallest absolute Gasteiger partial charge is 0.272 e. The molecule has 144 valence electrons. The van der Waals surface area contributed by atoms with Gasteiger partial charge in [-0.3, -0.25) is 9.36 Å². The van der Waals surface area contributed by atoms with Crippen molar-refractivity contribution in [1.29, 1.82) is 0 Å². The highest BCUT2D eigenvalue weighted by Gasteiger charge is 2.26. The Labute approximate surface area is 167 Å². The van der Waals surface area contributed by atoms with E-state index in [0.717, 1.165) is 18.8 Å². The third kappa shape index (κ3) is 3.62. The second-order valence-corrected chi connectivity index (χ2v) is 7.33. The third-order valence-electron chi connectivity index (χ3n) is 4.90. The van der Waals surface area contributed by atoms with Gasteiger partial charge in [0.2, 0.25) is 0 Å². The monoisotopic (exact) mass is 396 g/mol. The number of thioether (sulfide) groups is 1. The topological polar surface area (TPSA) is 41.4 Å². The van der Waals surface area contributed by atoms with E-state index in [-0.39, 0.29) is 11.7 Å². The number of rotatable bonds is 4. The molecular formula is C21H21FN4OS. The maximum atomic E-state index is 13.3. The summed E-state index contributed by atoms with van der Waals surface area (Å²) in [5, 5.41) is 0.706. The van der Waals surface area contributed by atoms with E-state index in [9.17, 15) is 9.18 Å². The van der Waals surface area contributed by atoms with E-state index in [0.29, 0.717) is 23.9 Å². The van der Waals surface area contributed by atoms with E-state index in [1.807, 2.05) is 29.4 Å². The van der Waals surface area contributed by atoms with Crippen molar-refractivity contribution in [3.8, 4) is 5.69 Å². The lowest BCUT2D eigenvalue weighted by molar-refractivity contribution is 0.0738. The number of para-hydroxylation sites is 1.